The number of carboxylic acids is 1. The number of pyridine rings is 1. The number of hydrogen-bond acceptors (Lipinski definition) is 3. The average molecular weight is 357 g/mol. The molecule has 0 saturated carbocycles. The lowest BCUT2D eigenvalue weighted by atomic mass is 9.96. The molecule has 1 N–H and O–H groups in total. The zero-order chi connectivity index (χ0) is 18.7. The monoisotopic (exact) mass is 357 g/mol. The molecule has 1 heterocycles. The molecule has 0 aliphatic carbocycles. The van der Waals surface area contributed by atoms with E-state index in [9.17, 15) is 13.6 Å². The number of fused-ring (bicyclic) bond motifs is 1. The fourth-order valence-electron chi connectivity index (χ4n) is 2.76. The Bertz CT molecular complexity index is 951. The van der Waals surface area contributed by atoms with Crippen molar-refractivity contribution >= 4 is 16.9 Å². The molecular weight excluding hydrogens is 340 g/mol. The van der Waals surface area contributed by atoms with E-state index in [0.29, 0.717) is 16.6 Å². The second-order valence-corrected chi connectivity index (χ2v) is 5.83. The highest BCUT2D eigenvalue weighted by Crippen LogP contribution is 2.39. The molecule has 26 heavy (non-hydrogen) atoms. The summed E-state index contributed by atoms with van der Waals surface area (Å²) in [5.74, 6) is -3.91. The van der Waals surface area contributed by atoms with Crippen LogP contribution in [-0.2, 0) is 10.7 Å². The highest BCUT2D eigenvalue weighted by Gasteiger charge is 2.30. The molecule has 0 aliphatic rings. The number of aromatic nitrogens is 1. The van der Waals surface area contributed by atoms with Gasteiger partial charge >= 0.3 is 5.97 Å². The maximum absolute atomic E-state index is 14.2. The molecule has 0 atom stereocenters. The fraction of sp³-hybridized carbons (Fsp3) is 0.200. The molecule has 1 aromatic heterocycles. The Morgan fingerprint density at radius 2 is 1.92 bits per heavy atom. The van der Waals surface area contributed by atoms with E-state index in [1.807, 2.05) is 12.1 Å². The molecule has 134 valence electrons. The van der Waals surface area contributed by atoms with Crippen LogP contribution in [0.2, 0.25) is 0 Å². The van der Waals surface area contributed by atoms with E-state index in [4.69, 9.17) is 9.84 Å². The van der Waals surface area contributed by atoms with Crippen LogP contribution in [-0.4, -0.2) is 22.7 Å². The van der Waals surface area contributed by atoms with E-state index < -0.39 is 18.5 Å². The van der Waals surface area contributed by atoms with Crippen molar-refractivity contribution < 1.29 is 23.4 Å². The summed E-state index contributed by atoms with van der Waals surface area (Å²) in [5, 5.41) is 9.72. The molecular formula is C20H17F2NO3. The minimum absolute atomic E-state index is 0.148. The Kier molecular flexibility index (Phi) is 4.84. The molecule has 0 radical (unpaired) electrons. The van der Waals surface area contributed by atoms with Crippen LogP contribution >= 0.6 is 0 Å². The first-order chi connectivity index (χ1) is 12.4. The predicted octanol–water partition coefficient (Wildman–Crippen LogP) is 4.87. The first kappa shape index (κ1) is 17.8. The number of aliphatic carboxylic acids is 1. The number of carboxylic acid groups (broad SMARTS) is 1. The van der Waals surface area contributed by atoms with Gasteiger partial charge in [0.2, 0.25) is 0 Å². The third kappa shape index (κ3) is 3.49. The SMILES string of the molecule is CCC(F)(F)c1ccc(OCC(=O)O)c(-c2cccc3cccnc23)c1. The van der Waals surface area contributed by atoms with Gasteiger partial charge in [0.1, 0.15) is 5.75 Å². The van der Waals surface area contributed by atoms with E-state index in [1.165, 1.54) is 25.1 Å². The second-order valence-electron chi connectivity index (χ2n) is 5.83. The van der Waals surface area contributed by atoms with Crippen LogP contribution in [0.1, 0.15) is 18.9 Å². The van der Waals surface area contributed by atoms with E-state index in [0.717, 1.165) is 5.39 Å². The molecule has 0 spiro atoms. The summed E-state index contributed by atoms with van der Waals surface area (Å²) in [6.45, 7) is 0.850. The van der Waals surface area contributed by atoms with Gasteiger partial charge in [0.05, 0.1) is 5.52 Å². The smallest absolute Gasteiger partial charge is 0.341 e. The number of para-hydroxylation sites is 1. The molecule has 0 amide bonds. The number of rotatable bonds is 6. The van der Waals surface area contributed by atoms with Crippen molar-refractivity contribution in [3.05, 3.63) is 60.3 Å². The third-order valence-corrected chi connectivity index (χ3v) is 4.12. The van der Waals surface area contributed by atoms with Crippen LogP contribution in [0.4, 0.5) is 8.78 Å². The Balaban J connectivity index is 2.21. The standard InChI is InChI=1S/C20H17F2NO3/c1-2-20(21,22)14-8-9-17(26-12-18(24)25)16(11-14)15-7-3-5-13-6-4-10-23-19(13)15/h3-11H,2,12H2,1H3,(H,24,25). The Hall–Kier alpha value is -3.02. The van der Waals surface area contributed by atoms with Crippen molar-refractivity contribution in [1.29, 1.82) is 0 Å². The Labute approximate surface area is 149 Å². The minimum Gasteiger partial charge on any atom is -0.481 e. The number of hydrogen-bond donors (Lipinski definition) is 1. The topological polar surface area (TPSA) is 59.4 Å². The number of nitrogens with zero attached hydrogens (tertiary/aromatic N) is 1. The van der Waals surface area contributed by atoms with Gasteiger partial charge in [-0.3, -0.25) is 4.98 Å². The largest absolute Gasteiger partial charge is 0.481 e. The first-order valence-electron chi connectivity index (χ1n) is 8.13. The minimum atomic E-state index is -2.99. The van der Waals surface area contributed by atoms with Crippen molar-refractivity contribution in [3.63, 3.8) is 0 Å². The third-order valence-electron chi connectivity index (χ3n) is 4.12. The van der Waals surface area contributed by atoms with E-state index in [2.05, 4.69) is 4.98 Å². The highest BCUT2D eigenvalue weighted by atomic mass is 19.3. The van der Waals surface area contributed by atoms with E-state index in [-0.39, 0.29) is 17.7 Å². The second kappa shape index (κ2) is 7.07. The summed E-state index contributed by atoms with van der Waals surface area (Å²) in [4.78, 5) is 15.2. The van der Waals surface area contributed by atoms with Crippen molar-refractivity contribution in [2.45, 2.75) is 19.3 Å². The summed E-state index contributed by atoms with van der Waals surface area (Å²) in [7, 11) is 0. The van der Waals surface area contributed by atoms with Gasteiger partial charge in [-0.1, -0.05) is 31.2 Å². The molecule has 6 heteroatoms. The molecule has 3 rings (SSSR count). The van der Waals surface area contributed by atoms with Crippen molar-refractivity contribution in [3.8, 4) is 16.9 Å². The number of benzene rings is 2. The lowest BCUT2D eigenvalue weighted by molar-refractivity contribution is -0.139. The van der Waals surface area contributed by atoms with Crippen LogP contribution in [0.3, 0.4) is 0 Å². The molecule has 4 nitrogen and oxygen atoms in total. The molecule has 0 saturated heterocycles. The first-order valence-corrected chi connectivity index (χ1v) is 8.13. The van der Waals surface area contributed by atoms with Crippen molar-refractivity contribution in [2.75, 3.05) is 6.61 Å². The molecule has 0 fully saturated rings. The summed E-state index contributed by atoms with van der Waals surface area (Å²) in [6, 6.07) is 13.1. The molecule has 0 aliphatic heterocycles. The van der Waals surface area contributed by atoms with Gasteiger partial charge in [-0.05, 0) is 24.3 Å². The summed E-state index contributed by atoms with van der Waals surface area (Å²) in [6.07, 6.45) is 1.28. The van der Waals surface area contributed by atoms with Crippen LogP contribution in [0.25, 0.3) is 22.0 Å². The van der Waals surface area contributed by atoms with Gasteiger partial charge in [-0.25, -0.2) is 13.6 Å². The zero-order valence-electron chi connectivity index (χ0n) is 14.1. The van der Waals surface area contributed by atoms with Crippen LogP contribution in [0.15, 0.2) is 54.7 Å². The van der Waals surface area contributed by atoms with Crippen LogP contribution in [0.5, 0.6) is 5.75 Å². The number of ether oxygens (including phenoxy) is 1. The number of carbonyl (C=O) groups is 1. The lowest BCUT2D eigenvalue weighted by Crippen LogP contribution is -2.13. The maximum Gasteiger partial charge on any atom is 0.341 e. The van der Waals surface area contributed by atoms with Crippen molar-refractivity contribution in [1.82, 2.24) is 4.98 Å². The molecule has 0 bridgehead atoms. The maximum atomic E-state index is 14.2. The van der Waals surface area contributed by atoms with Gasteiger partial charge in [0.15, 0.2) is 6.61 Å². The van der Waals surface area contributed by atoms with Gasteiger partial charge < -0.3 is 9.84 Å². The van der Waals surface area contributed by atoms with E-state index >= 15 is 0 Å². The summed E-state index contributed by atoms with van der Waals surface area (Å²) in [5.41, 5.74) is 1.48. The van der Waals surface area contributed by atoms with Crippen LogP contribution in [0, 0.1) is 0 Å². The number of halogens is 2. The summed E-state index contributed by atoms with van der Waals surface area (Å²) < 4.78 is 33.7. The average Bonchev–Trinajstić information content (AvgIpc) is 2.65. The zero-order valence-corrected chi connectivity index (χ0v) is 14.1. The van der Waals surface area contributed by atoms with Gasteiger partial charge in [-0.15, -0.1) is 0 Å². The molecule has 0 unspecified atom stereocenters. The Morgan fingerprint density at radius 1 is 1.15 bits per heavy atom. The Morgan fingerprint density at radius 3 is 2.65 bits per heavy atom. The van der Waals surface area contributed by atoms with Gasteiger partial charge in [0.25, 0.3) is 5.92 Å². The van der Waals surface area contributed by atoms with Gasteiger partial charge in [0, 0.05) is 34.7 Å². The molecule has 2 aromatic carbocycles. The van der Waals surface area contributed by atoms with Crippen molar-refractivity contribution in [2.24, 2.45) is 0 Å². The predicted molar refractivity (Wildman–Crippen MR) is 94.5 cm³/mol. The summed E-state index contributed by atoms with van der Waals surface area (Å²) >= 11 is 0. The van der Waals surface area contributed by atoms with E-state index in [1.54, 1.807) is 24.4 Å². The fourth-order valence-corrected chi connectivity index (χ4v) is 2.76. The quantitative estimate of drug-likeness (QED) is 0.684. The lowest BCUT2D eigenvalue weighted by Gasteiger charge is -2.18. The van der Waals surface area contributed by atoms with Gasteiger partial charge in [-0.2, -0.15) is 0 Å². The number of alkyl halides is 2. The highest BCUT2D eigenvalue weighted by molar-refractivity contribution is 5.95. The normalized spacial score (nSPS) is 11.5. The molecule has 3 aromatic rings. The van der Waals surface area contributed by atoms with Crippen LogP contribution < -0.4 is 4.74 Å².